The summed E-state index contributed by atoms with van der Waals surface area (Å²) in [6, 6.07) is 20.0. The summed E-state index contributed by atoms with van der Waals surface area (Å²) in [7, 11) is 3.31. The van der Waals surface area contributed by atoms with Gasteiger partial charge in [-0.25, -0.2) is 4.98 Å². The molecule has 9 nitrogen and oxygen atoms in total. The summed E-state index contributed by atoms with van der Waals surface area (Å²) in [5, 5.41) is 15.2. The summed E-state index contributed by atoms with van der Waals surface area (Å²) in [5.41, 5.74) is 5.99. The molecule has 3 aromatic carbocycles. The fourth-order valence-electron chi connectivity index (χ4n) is 4.70. The van der Waals surface area contributed by atoms with Crippen LogP contribution < -0.4 is 16.2 Å². The van der Waals surface area contributed by atoms with E-state index in [1.807, 2.05) is 56.3 Å². The van der Waals surface area contributed by atoms with Crippen LogP contribution in [0.15, 0.2) is 71.5 Å². The van der Waals surface area contributed by atoms with E-state index in [1.54, 1.807) is 38.4 Å². The molecule has 0 aliphatic rings. The van der Waals surface area contributed by atoms with Crippen molar-refractivity contribution in [2.45, 2.75) is 40.0 Å². The molecular formula is C34H39N5O4. The van der Waals surface area contributed by atoms with Crippen LogP contribution in [0, 0.1) is 13.8 Å². The van der Waals surface area contributed by atoms with E-state index in [2.05, 4.69) is 31.4 Å². The quantitative estimate of drug-likeness (QED) is 0.256. The third-order valence-electron chi connectivity index (χ3n) is 7.60. The molecule has 9 heteroatoms. The van der Waals surface area contributed by atoms with Crippen molar-refractivity contribution in [1.82, 2.24) is 14.5 Å². The average Bonchev–Trinajstić information content (AvgIpc) is 2.98. The molecule has 0 bridgehead atoms. The molecule has 1 heterocycles. The van der Waals surface area contributed by atoms with Crippen LogP contribution in [-0.2, 0) is 12.5 Å². The van der Waals surface area contributed by atoms with Gasteiger partial charge in [0.05, 0.1) is 12.3 Å². The predicted molar refractivity (Wildman–Crippen MR) is 171 cm³/mol. The van der Waals surface area contributed by atoms with Crippen molar-refractivity contribution in [3.05, 3.63) is 105 Å². The Morgan fingerprint density at radius 3 is 2.19 bits per heavy atom. The molecule has 0 saturated heterocycles. The zero-order valence-electron chi connectivity index (χ0n) is 25.8. The van der Waals surface area contributed by atoms with Gasteiger partial charge < -0.3 is 25.2 Å². The van der Waals surface area contributed by atoms with E-state index in [-0.39, 0.29) is 41.8 Å². The van der Waals surface area contributed by atoms with Crippen molar-refractivity contribution in [3.63, 3.8) is 0 Å². The SMILES string of the molecule is Cc1c(NC(=O)c2ccc(C(C)(C)C)cc2)cccc1-c1nc(Nc2ccc(C(=O)N(C)CCO)cc2)c(=O)n(C)c1C. The van der Waals surface area contributed by atoms with Crippen molar-refractivity contribution in [3.8, 4) is 11.3 Å². The molecule has 1 aromatic heterocycles. The van der Waals surface area contributed by atoms with Crippen LogP contribution in [0.25, 0.3) is 11.3 Å². The first-order valence-corrected chi connectivity index (χ1v) is 14.1. The minimum Gasteiger partial charge on any atom is -0.395 e. The van der Waals surface area contributed by atoms with E-state index >= 15 is 0 Å². The number of carbonyl (C=O) groups is 2. The lowest BCUT2D eigenvalue weighted by molar-refractivity contribution is 0.0767. The Hall–Kier alpha value is -4.76. The van der Waals surface area contributed by atoms with Gasteiger partial charge in [0.15, 0.2) is 5.82 Å². The zero-order valence-corrected chi connectivity index (χ0v) is 25.8. The standard InChI is InChI=1S/C34H39N5O4/c1-21-27(9-8-10-28(21)36-31(41)23-11-15-25(16-12-23)34(3,4)5)29-22(2)39(7)33(43)30(37-29)35-26-17-13-24(14-18-26)32(42)38(6)19-20-40/h8-18,40H,19-20H2,1-7H3,(H,35,37)(H,36,41). The maximum absolute atomic E-state index is 13.2. The second-order valence-corrected chi connectivity index (χ2v) is 11.7. The lowest BCUT2D eigenvalue weighted by atomic mass is 9.86. The Labute approximate surface area is 252 Å². The highest BCUT2D eigenvalue weighted by Gasteiger charge is 2.19. The van der Waals surface area contributed by atoms with Crippen LogP contribution in [0.2, 0.25) is 0 Å². The summed E-state index contributed by atoms with van der Waals surface area (Å²) in [4.78, 5) is 44.9. The van der Waals surface area contributed by atoms with E-state index < -0.39 is 0 Å². The van der Waals surface area contributed by atoms with Crippen molar-refractivity contribution >= 4 is 29.0 Å². The minimum atomic E-state index is -0.301. The molecule has 0 saturated carbocycles. The lowest BCUT2D eigenvalue weighted by Crippen LogP contribution is -2.29. The monoisotopic (exact) mass is 581 g/mol. The number of rotatable bonds is 8. The fourth-order valence-corrected chi connectivity index (χ4v) is 4.70. The van der Waals surface area contributed by atoms with Gasteiger partial charge in [0, 0.05) is 54.4 Å². The number of hydrogen-bond acceptors (Lipinski definition) is 6. The highest BCUT2D eigenvalue weighted by molar-refractivity contribution is 6.05. The third-order valence-corrected chi connectivity index (χ3v) is 7.60. The third kappa shape index (κ3) is 6.84. The first-order valence-electron chi connectivity index (χ1n) is 14.1. The Morgan fingerprint density at radius 2 is 1.58 bits per heavy atom. The van der Waals surface area contributed by atoms with Gasteiger partial charge in [-0.05, 0) is 72.9 Å². The molecule has 0 fully saturated rings. The summed E-state index contributed by atoms with van der Waals surface area (Å²) >= 11 is 0. The largest absolute Gasteiger partial charge is 0.395 e. The second kappa shape index (κ2) is 12.6. The first kappa shape index (κ1) is 31.2. The average molecular weight is 582 g/mol. The van der Waals surface area contributed by atoms with Crippen LogP contribution >= 0.6 is 0 Å². The highest BCUT2D eigenvalue weighted by Crippen LogP contribution is 2.30. The van der Waals surface area contributed by atoms with Crippen molar-refractivity contribution < 1.29 is 14.7 Å². The summed E-state index contributed by atoms with van der Waals surface area (Å²) in [6.45, 7) is 10.3. The number of aliphatic hydroxyl groups is 1. The number of aliphatic hydroxyl groups excluding tert-OH is 1. The summed E-state index contributed by atoms with van der Waals surface area (Å²) in [6.07, 6.45) is 0. The molecule has 0 atom stereocenters. The number of amides is 2. The molecule has 0 unspecified atom stereocenters. The van der Waals surface area contributed by atoms with Gasteiger partial charge in [0.2, 0.25) is 0 Å². The Morgan fingerprint density at radius 1 is 0.953 bits per heavy atom. The van der Waals surface area contributed by atoms with Crippen LogP contribution in [0.5, 0.6) is 0 Å². The Bertz CT molecular complexity index is 1700. The van der Waals surface area contributed by atoms with Gasteiger partial charge in [0.1, 0.15) is 0 Å². The molecule has 4 rings (SSSR count). The normalized spacial score (nSPS) is 11.3. The number of nitrogens with zero attached hydrogens (tertiary/aromatic N) is 3. The van der Waals surface area contributed by atoms with Crippen LogP contribution in [0.4, 0.5) is 17.2 Å². The lowest BCUT2D eigenvalue weighted by Gasteiger charge is -2.19. The van der Waals surface area contributed by atoms with Crippen molar-refractivity contribution in [2.75, 3.05) is 30.8 Å². The number of carbonyl (C=O) groups excluding carboxylic acids is 2. The number of nitrogens with one attached hydrogen (secondary N) is 2. The zero-order chi connectivity index (χ0) is 31.5. The van der Waals surface area contributed by atoms with Gasteiger partial charge in [-0.2, -0.15) is 0 Å². The molecule has 224 valence electrons. The minimum absolute atomic E-state index is 0.00553. The Kier molecular flexibility index (Phi) is 9.16. The van der Waals surface area contributed by atoms with Crippen LogP contribution in [-0.4, -0.2) is 51.6 Å². The summed E-state index contributed by atoms with van der Waals surface area (Å²) in [5.74, 6) is -0.290. The molecule has 0 radical (unpaired) electrons. The number of likely N-dealkylation sites (N-methyl/N-ethyl adjacent to an activating group) is 1. The smallest absolute Gasteiger partial charge is 0.293 e. The molecule has 0 aliphatic carbocycles. The van der Waals surface area contributed by atoms with E-state index in [9.17, 15) is 14.4 Å². The number of aromatic nitrogens is 2. The van der Waals surface area contributed by atoms with Crippen LogP contribution in [0.1, 0.15) is 58.3 Å². The number of anilines is 3. The predicted octanol–water partition coefficient (Wildman–Crippen LogP) is 5.42. The van der Waals surface area contributed by atoms with Gasteiger partial charge in [-0.15, -0.1) is 0 Å². The van der Waals surface area contributed by atoms with E-state index in [0.29, 0.717) is 33.9 Å². The van der Waals surface area contributed by atoms with E-state index in [1.165, 1.54) is 9.47 Å². The van der Waals surface area contributed by atoms with Crippen molar-refractivity contribution in [1.29, 1.82) is 0 Å². The maximum atomic E-state index is 13.2. The molecule has 4 aromatic rings. The number of hydrogen-bond donors (Lipinski definition) is 3. The molecule has 43 heavy (non-hydrogen) atoms. The van der Waals surface area contributed by atoms with Gasteiger partial charge >= 0.3 is 0 Å². The summed E-state index contributed by atoms with van der Waals surface area (Å²) < 4.78 is 1.54. The van der Waals surface area contributed by atoms with E-state index in [0.717, 1.165) is 16.7 Å². The van der Waals surface area contributed by atoms with Gasteiger partial charge in [-0.1, -0.05) is 45.0 Å². The van der Waals surface area contributed by atoms with Gasteiger partial charge in [0.25, 0.3) is 17.4 Å². The van der Waals surface area contributed by atoms with Crippen molar-refractivity contribution in [2.24, 2.45) is 7.05 Å². The van der Waals surface area contributed by atoms with E-state index in [4.69, 9.17) is 10.1 Å². The topological polar surface area (TPSA) is 117 Å². The fraction of sp³-hybridized carbons (Fsp3) is 0.294. The number of benzene rings is 3. The molecule has 0 aliphatic heterocycles. The van der Waals surface area contributed by atoms with Gasteiger partial charge in [-0.3, -0.25) is 14.4 Å². The first-order chi connectivity index (χ1) is 20.3. The molecule has 2 amide bonds. The highest BCUT2D eigenvalue weighted by atomic mass is 16.3. The molecular weight excluding hydrogens is 542 g/mol. The maximum Gasteiger partial charge on any atom is 0.293 e. The Balaban J connectivity index is 1.61. The second-order valence-electron chi connectivity index (χ2n) is 11.7. The van der Waals surface area contributed by atoms with Crippen LogP contribution in [0.3, 0.4) is 0 Å². The molecule has 3 N–H and O–H groups in total. The molecule has 0 spiro atoms.